The Bertz CT molecular complexity index is 376. The van der Waals surface area contributed by atoms with Crippen LogP contribution in [0.5, 0.6) is 5.75 Å². The van der Waals surface area contributed by atoms with E-state index in [0.29, 0.717) is 19.5 Å². The van der Waals surface area contributed by atoms with Crippen LogP contribution in [0.25, 0.3) is 0 Å². The fourth-order valence-corrected chi connectivity index (χ4v) is 1.88. The summed E-state index contributed by atoms with van der Waals surface area (Å²) < 4.78 is 5.11. The van der Waals surface area contributed by atoms with E-state index in [9.17, 15) is 4.79 Å². The molecule has 0 aliphatic heterocycles. The quantitative estimate of drug-likeness (QED) is 0.732. The predicted octanol–water partition coefficient (Wildman–Crippen LogP) is 2.17. The van der Waals surface area contributed by atoms with Gasteiger partial charge >= 0.3 is 0 Å². The van der Waals surface area contributed by atoms with Crippen LogP contribution in [0.4, 0.5) is 0 Å². The Balaban J connectivity index is 2.35. The summed E-state index contributed by atoms with van der Waals surface area (Å²) in [7, 11) is 3.49. The molecular formula is C15H24N2O2. The molecule has 1 aromatic rings. The Morgan fingerprint density at radius 3 is 2.47 bits per heavy atom. The molecule has 0 radical (unpaired) electrons. The molecule has 19 heavy (non-hydrogen) atoms. The minimum atomic E-state index is 0.188. The number of hydrogen-bond donors (Lipinski definition) is 1. The highest BCUT2D eigenvalue weighted by Gasteiger charge is 2.08. The van der Waals surface area contributed by atoms with Crippen molar-refractivity contribution >= 4 is 5.91 Å². The van der Waals surface area contributed by atoms with Crippen molar-refractivity contribution in [2.45, 2.75) is 32.2 Å². The minimum Gasteiger partial charge on any atom is -0.497 e. The van der Waals surface area contributed by atoms with Crippen molar-refractivity contribution in [3.05, 3.63) is 29.8 Å². The second kappa shape index (κ2) is 8.53. The predicted molar refractivity (Wildman–Crippen MR) is 77.0 cm³/mol. The van der Waals surface area contributed by atoms with E-state index in [-0.39, 0.29) is 5.91 Å². The van der Waals surface area contributed by atoms with Gasteiger partial charge in [0.05, 0.1) is 7.11 Å². The summed E-state index contributed by atoms with van der Waals surface area (Å²) in [5.41, 5.74) is 6.54. The summed E-state index contributed by atoms with van der Waals surface area (Å²) in [5.74, 6) is 1.02. The molecule has 0 bridgehead atoms. The Labute approximate surface area is 115 Å². The van der Waals surface area contributed by atoms with Gasteiger partial charge in [0.25, 0.3) is 0 Å². The van der Waals surface area contributed by atoms with Crippen molar-refractivity contribution in [3.8, 4) is 5.75 Å². The largest absolute Gasteiger partial charge is 0.497 e. The molecule has 1 aromatic carbocycles. The Kier molecular flexibility index (Phi) is 6.97. The van der Waals surface area contributed by atoms with Crippen LogP contribution < -0.4 is 10.5 Å². The first-order valence-electron chi connectivity index (χ1n) is 6.74. The number of methoxy groups -OCH3 is 1. The molecule has 0 atom stereocenters. The lowest BCUT2D eigenvalue weighted by Crippen LogP contribution is -2.25. The smallest absolute Gasteiger partial charge is 0.222 e. The Hall–Kier alpha value is -1.55. The van der Waals surface area contributed by atoms with Gasteiger partial charge in [0.1, 0.15) is 5.75 Å². The average molecular weight is 264 g/mol. The van der Waals surface area contributed by atoms with Crippen molar-refractivity contribution in [2.75, 3.05) is 20.7 Å². The summed E-state index contributed by atoms with van der Waals surface area (Å²) in [6.45, 7) is 1.34. The fraction of sp³-hybridized carbons (Fsp3) is 0.533. The first-order valence-corrected chi connectivity index (χ1v) is 6.74. The first-order chi connectivity index (χ1) is 9.17. The van der Waals surface area contributed by atoms with E-state index in [4.69, 9.17) is 10.5 Å². The van der Waals surface area contributed by atoms with Crippen molar-refractivity contribution in [1.29, 1.82) is 0 Å². The molecule has 0 saturated carbocycles. The molecule has 4 nitrogen and oxygen atoms in total. The number of carbonyl (C=O) groups is 1. The maximum absolute atomic E-state index is 11.9. The summed E-state index contributed by atoms with van der Waals surface area (Å²) >= 11 is 0. The molecule has 0 aromatic heterocycles. The van der Waals surface area contributed by atoms with E-state index < -0.39 is 0 Å². The summed E-state index contributed by atoms with van der Waals surface area (Å²) in [6, 6.07) is 7.79. The maximum atomic E-state index is 11.9. The summed E-state index contributed by atoms with van der Waals surface area (Å²) in [4.78, 5) is 13.7. The highest BCUT2D eigenvalue weighted by Crippen LogP contribution is 2.13. The minimum absolute atomic E-state index is 0.188. The molecule has 0 aliphatic rings. The number of amides is 1. The number of hydrogen-bond acceptors (Lipinski definition) is 3. The number of nitrogens with zero attached hydrogens (tertiary/aromatic N) is 1. The molecule has 0 unspecified atom stereocenters. The van der Waals surface area contributed by atoms with Crippen LogP contribution in [0, 0.1) is 0 Å². The van der Waals surface area contributed by atoms with E-state index in [2.05, 4.69) is 0 Å². The van der Waals surface area contributed by atoms with E-state index in [1.54, 1.807) is 12.0 Å². The second-order valence-electron chi connectivity index (χ2n) is 4.70. The zero-order valence-electron chi connectivity index (χ0n) is 11.9. The SMILES string of the molecule is COc1ccc(CN(C)C(=O)CCCCCN)cc1. The maximum Gasteiger partial charge on any atom is 0.222 e. The Morgan fingerprint density at radius 2 is 1.89 bits per heavy atom. The van der Waals surface area contributed by atoms with Crippen molar-refractivity contribution in [3.63, 3.8) is 0 Å². The fourth-order valence-electron chi connectivity index (χ4n) is 1.88. The zero-order chi connectivity index (χ0) is 14.1. The molecule has 0 fully saturated rings. The molecule has 2 N–H and O–H groups in total. The van der Waals surface area contributed by atoms with Crippen LogP contribution in [-0.2, 0) is 11.3 Å². The van der Waals surface area contributed by atoms with E-state index in [1.807, 2.05) is 31.3 Å². The number of nitrogens with two attached hydrogens (primary N) is 1. The van der Waals surface area contributed by atoms with Crippen molar-refractivity contribution < 1.29 is 9.53 Å². The number of unbranched alkanes of at least 4 members (excludes halogenated alkanes) is 2. The normalized spacial score (nSPS) is 10.3. The number of carbonyl (C=O) groups excluding carboxylic acids is 1. The third kappa shape index (κ3) is 5.75. The van der Waals surface area contributed by atoms with Gasteiger partial charge in [-0.3, -0.25) is 4.79 Å². The molecular weight excluding hydrogens is 240 g/mol. The Morgan fingerprint density at radius 1 is 1.21 bits per heavy atom. The second-order valence-corrected chi connectivity index (χ2v) is 4.70. The molecule has 0 aliphatic carbocycles. The number of ether oxygens (including phenoxy) is 1. The van der Waals surface area contributed by atoms with E-state index in [1.165, 1.54) is 0 Å². The summed E-state index contributed by atoms with van der Waals surface area (Å²) in [5, 5.41) is 0. The number of rotatable bonds is 8. The standard InChI is InChI=1S/C15H24N2O2/c1-17(15(18)6-4-3-5-11-16)12-13-7-9-14(19-2)10-8-13/h7-10H,3-6,11-12,16H2,1-2H3. The van der Waals surface area contributed by atoms with Gasteiger partial charge in [-0.1, -0.05) is 18.6 Å². The molecule has 0 spiro atoms. The van der Waals surface area contributed by atoms with E-state index in [0.717, 1.165) is 30.6 Å². The molecule has 1 rings (SSSR count). The van der Waals surface area contributed by atoms with Gasteiger partial charge in [-0.15, -0.1) is 0 Å². The summed E-state index contributed by atoms with van der Waals surface area (Å²) in [6.07, 6.45) is 3.55. The topological polar surface area (TPSA) is 55.6 Å². The van der Waals surface area contributed by atoms with E-state index >= 15 is 0 Å². The van der Waals surface area contributed by atoms with Crippen LogP contribution in [0.1, 0.15) is 31.2 Å². The van der Waals surface area contributed by atoms with Gasteiger partial charge in [-0.25, -0.2) is 0 Å². The lowest BCUT2D eigenvalue weighted by Gasteiger charge is -2.17. The monoisotopic (exact) mass is 264 g/mol. The first kappa shape index (κ1) is 15.5. The molecule has 0 saturated heterocycles. The van der Waals surface area contributed by atoms with Gasteiger partial charge in [0.15, 0.2) is 0 Å². The van der Waals surface area contributed by atoms with Crippen molar-refractivity contribution in [2.24, 2.45) is 5.73 Å². The van der Waals surface area contributed by atoms with Gasteiger partial charge in [0, 0.05) is 20.0 Å². The lowest BCUT2D eigenvalue weighted by molar-refractivity contribution is -0.130. The third-order valence-corrected chi connectivity index (χ3v) is 3.10. The average Bonchev–Trinajstić information content (AvgIpc) is 2.44. The molecule has 1 amide bonds. The zero-order valence-corrected chi connectivity index (χ0v) is 11.9. The molecule has 4 heteroatoms. The van der Waals surface area contributed by atoms with Gasteiger partial charge in [-0.05, 0) is 37.1 Å². The highest BCUT2D eigenvalue weighted by atomic mass is 16.5. The lowest BCUT2D eigenvalue weighted by atomic mass is 10.1. The van der Waals surface area contributed by atoms with Gasteiger partial charge in [0.2, 0.25) is 5.91 Å². The van der Waals surface area contributed by atoms with Crippen LogP contribution in [-0.4, -0.2) is 31.5 Å². The van der Waals surface area contributed by atoms with Crippen LogP contribution >= 0.6 is 0 Å². The van der Waals surface area contributed by atoms with Crippen LogP contribution in [0.15, 0.2) is 24.3 Å². The van der Waals surface area contributed by atoms with Crippen LogP contribution in [0.3, 0.4) is 0 Å². The highest BCUT2D eigenvalue weighted by molar-refractivity contribution is 5.75. The molecule has 0 heterocycles. The number of benzene rings is 1. The molecule has 106 valence electrons. The van der Waals surface area contributed by atoms with Gasteiger partial charge in [-0.2, -0.15) is 0 Å². The van der Waals surface area contributed by atoms with Crippen molar-refractivity contribution in [1.82, 2.24) is 4.90 Å². The van der Waals surface area contributed by atoms with Gasteiger partial charge < -0.3 is 15.4 Å². The third-order valence-electron chi connectivity index (χ3n) is 3.10. The van der Waals surface area contributed by atoms with Crippen LogP contribution in [0.2, 0.25) is 0 Å².